The highest BCUT2D eigenvalue weighted by molar-refractivity contribution is 8.00. The van der Waals surface area contributed by atoms with Crippen LogP contribution in [-0.2, 0) is 14.8 Å². The molecule has 174 valence electrons. The van der Waals surface area contributed by atoms with Crippen LogP contribution >= 0.6 is 46.6 Å². The van der Waals surface area contributed by atoms with Crippen molar-refractivity contribution in [2.45, 2.75) is 22.0 Å². The lowest BCUT2D eigenvalue weighted by atomic mass is 10.3. The maximum Gasteiger partial charge on any atom is 0.265 e. The number of methoxy groups -OCH3 is 1. The van der Waals surface area contributed by atoms with Gasteiger partial charge >= 0.3 is 0 Å². The molecule has 11 heteroatoms. The van der Waals surface area contributed by atoms with Crippen LogP contribution in [0, 0.1) is 0 Å². The van der Waals surface area contributed by atoms with E-state index in [0.29, 0.717) is 15.7 Å². The number of benzene rings is 3. The number of halogens is 3. The Morgan fingerprint density at radius 1 is 0.970 bits per heavy atom. The minimum absolute atomic E-state index is 0.0587. The number of carbonyl (C=O) groups excluding carboxylic acids is 1. The van der Waals surface area contributed by atoms with Gasteiger partial charge in [0.2, 0.25) is 5.91 Å². The smallest absolute Gasteiger partial charge is 0.265 e. The van der Waals surface area contributed by atoms with Crippen LogP contribution in [0.15, 0.2) is 70.5 Å². The van der Waals surface area contributed by atoms with Crippen molar-refractivity contribution in [3.8, 4) is 5.75 Å². The zero-order valence-electron chi connectivity index (χ0n) is 17.4. The SMILES string of the molecule is COc1cc(NC(=O)[C@H](C)Sc2ccc(Cl)cc2)ccc1S(=O)(=O)Nc1ccc(Cl)cc1Cl. The Balaban J connectivity index is 1.75. The summed E-state index contributed by atoms with van der Waals surface area (Å²) in [5, 5.41) is 3.52. The third-order valence-electron chi connectivity index (χ3n) is 4.39. The van der Waals surface area contributed by atoms with E-state index in [-0.39, 0.29) is 27.3 Å². The van der Waals surface area contributed by atoms with Gasteiger partial charge in [-0.15, -0.1) is 11.8 Å². The molecule has 0 saturated carbocycles. The van der Waals surface area contributed by atoms with Crippen molar-refractivity contribution in [1.29, 1.82) is 0 Å². The summed E-state index contributed by atoms with van der Waals surface area (Å²) in [6.45, 7) is 1.77. The molecule has 6 nitrogen and oxygen atoms in total. The van der Waals surface area contributed by atoms with Crippen molar-refractivity contribution in [2.24, 2.45) is 0 Å². The fourth-order valence-corrected chi connectivity index (χ4v) is 5.49. The first-order valence-corrected chi connectivity index (χ1v) is 13.0. The summed E-state index contributed by atoms with van der Waals surface area (Å²) < 4.78 is 33.5. The quantitative estimate of drug-likeness (QED) is 0.313. The molecule has 3 rings (SSSR count). The first kappa shape index (κ1) is 25.5. The normalized spacial score (nSPS) is 12.2. The Morgan fingerprint density at radius 3 is 2.27 bits per heavy atom. The molecule has 0 radical (unpaired) electrons. The van der Waals surface area contributed by atoms with Crippen molar-refractivity contribution in [1.82, 2.24) is 0 Å². The molecule has 1 amide bonds. The molecule has 0 spiro atoms. The number of anilines is 2. The topological polar surface area (TPSA) is 84.5 Å². The van der Waals surface area contributed by atoms with E-state index in [0.717, 1.165) is 4.90 Å². The minimum atomic E-state index is -4.03. The molecule has 3 aromatic rings. The second kappa shape index (κ2) is 10.9. The average Bonchev–Trinajstić information content (AvgIpc) is 2.77. The second-order valence-corrected chi connectivity index (χ2v) is 11.1. The van der Waals surface area contributed by atoms with E-state index in [1.165, 1.54) is 55.3 Å². The molecule has 1 atom stereocenters. The van der Waals surface area contributed by atoms with E-state index in [2.05, 4.69) is 10.0 Å². The molecule has 33 heavy (non-hydrogen) atoms. The average molecular weight is 546 g/mol. The van der Waals surface area contributed by atoms with Crippen molar-refractivity contribution in [3.05, 3.63) is 75.7 Å². The lowest BCUT2D eigenvalue weighted by Gasteiger charge is -2.15. The molecule has 0 aliphatic heterocycles. The Hall–Kier alpha value is -2.10. The number of nitrogens with one attached hydrogen (secondary N) is 2. The summed E-state index contributed by atoms with van der Waals surface area (Å²) >= 11 is 19.2. The highest BCUT2D eigenvalue weighted by atomic mass is 35.5. The zero-order chi connectivity index (χ0) is 24.2. The van der Waals surface area contributed by atoms with E-state index in [1.54, 1.807) is 19.1 Å². The van der Waals surface area contributed by atoms with Gasteiger partial charge in [0.15, 0.2) is 0 Å². The molecule has 0 aliphatic carbocycles. The molecule has 3 aromatic carbocycles. The minimum Gasteiger partial charge on any atom is -0.495 e. The van der Waals surface area contributed by atoms with Gasteiger partial charge in [0.25, 0.3) is 10.0 Å². The molecular formula is C22H19Cl3N2O4S2. The van der Waals surface area contributed by atoms with Crippen molar-refractivity contribution in [3.63, 3.8) is 0 Å². The number of hydrogen-bond acceptors (Lipinski definition) is 5. The number of amides is 1. The summed E-state index contributed by atoms with van der Waals surface area (Å²) in [4.78, 5) is 13.4. The largest absolute Gasteiger partial charge is 0.495 e. The van der Waals surface area contributed by atoms with E-state index >= 15 is 0 Å². The van der Waals surface area contributed by atoms with Crippen LogP contribution < -0.4 is 14.8 Å². The number of sulfonamides is 1. The summed E-state index contributed by atoms with van der Waals surface area (Å²) in [5.41, 5.74) is 0.567. The van der Waals surface area contributed by atoms with Crippen LogP contribution in [0.4, 0.5) is 11.4 Å². The standard InChI is InChI=1S/C22H19Cl3N2O4S2/c1-13(32-17-7-3-14(23)4-8-17)22(28)26-16-6-10-21(20(12-16)31-2)33(29,30)27-19-9-5-15(24)11-18(19)25/h3-13,27H,1-2H3,(H,26,28)/t13-/m0/s1. The number of hydrogen-bond donors (Lipinski definition) is 2. The van der Waals surface area contributed by atoms with Gasteiger partial charge in [0, 0.05) is 26.7 Å². The van der Waals surface area contributed by atoms with Crippen molar-refractivity contribution in [2.75, 3.05) is 17.1 Å². The molecule has 0 fully saturated rings. The summed E-state index contributed by atoms with van der Waals surface area (Å²) in [5.74, 6) is -0.193. The zero-order valence-corrected chi connectivity index (χ0v) is 21.3. The summed E-state index contributed by atoms with van der Waals surface area (Å²) in [6, 6.07) is 15.9. The van der Waals surface area contributed by atoms with Crippen molar-refractivity contribution >= 4 is 73.9 Å². The fraction of sp³-hybridized carbons (Fsp3) is 0.136. The lowest BCUT2D eigenvalue weighted by Crippen LogP contribution is -2.22. The Morgan fingerprint density at radius 2 is 1.64 bits per heavy atom. The molecule has 0 saturated heterocycles. The maximum absolute atomic E-state index is 12.9. The van der Waals surface area contributed by atoms with Gasteiger partial charge in [-0.1, -0.05) is 34.8 Å². The van der Waals surface area contributed by atoms with Gasteiger partial charge < -0.3 is 10.1 Å². The molecule has 0 aliphatic rings. The van der Waals surface area contributed by atoms with Gasteiger partial charge in [0.05, 0.1) is 23.1 Å². The van der Waals surface area contributed by atoms with Crippen LogP contribution in [-0.4, -0.2) is 26.7 Å². The lowest BCUT2D eigenvalue weighted by molar-refractivity contribution is -0.115. The van der Waals surface area contributed by atoms with E-state index in [1.807, 2.05) is 12.1 Å². The number of carbonyl (C=O) groups is 1. The predicted octanol–water partition coefficient (Wildman–Crippen LogP) is 6.58. The van der Waals surface area contributed by atoms with Gasteiger partial charge in [-0.3, -0.25) is 9.52 Å². The number of thioether (sulfide) groups is 1. The highest BCUT2D eigenvalue weighted by Gasteiger charge is 2.22. The second-order valence-electron chi connectivity index (χ2n) is 6.80. The molecule has 0 unspecified atom stereocenters. The van der Waals surface area contributed by atoms with Crippen LogP contribution in [0.5, 0.6) is 5.75 Å². The van der Waals surface area contributed by atoms with Crippen LogP contribution in [0.3, 0.4) is 0 Å². The molecular weight excluding hydrogens is 527 g/mol. The number of rotatable bonds is 8. The highest BCUT2D eigenvalue weighted by Crippen LogP contribution is 2.32. The first-order chi connectivity index (χ1) is 15.6. The van der Waals surface area contributed by atoms with E-state index < -0.39 is 15.3 Å². The first-order valence-electron chi connectivity index (χ1n) is 9.48. The monoisotopic (exact) mass is 544 g/mol. The molecule has 0 bridgehead atoms. The predicted molar refractivity (Wildman–Crippen MR) is 136 cm³/mol. The van der Waals surface area contributed by atoms with Gasteiger partial charge in [-0.05, 0) is 61.5 Å². The summed E-state index contributed by atoms with van der Waals surface area (Å²) in [7, 11) is -2.69. The fourth-order valence-electron chi connectivity index (χ4n) is 2.75. The van der Waals surface area contributed by atoms with Gasteiger partial charge in [0.1, 0.15) is 10.6 Å². The third kappa shape index (κ3) is 6.71. The number of ether oxygens (including phenoxy) is 1. The maximum atomic E-state index is 12.9. The van der Waals surface area contributed by atoms with Gasteiger partial charge in [-0.25, -0.2) is 8.42 Å². The van der Waals surface area contributed by atoms with Crippen LogP contribution in [0.1, 0.15) is 6.92 Å². The van der Waals surface area contributed by atoms with E-state index in [4.69, 9.17) is 39.5 Å². The Kier molecular flexibility index (Phi) is 8.42. The Bertz CT molecular complexity index is 1270. The van der Waals surface area contributed by atoms with Crippen LogP contribution in [0.25, 0.3) is 0 Å². The molecule has 0 heterocycles. The van der Waals surface area contributed by atoms with Gasteiger partial charge in [-0.2, -0.15) is 0 Å². The summed E-state index contributed by atoms with van der Waals surface area (Å²) in [6.07, 6.45) is 0. The van der Waals surface area contributed by atoms with E-state index in [9.17, 15) is 13.2 Å². The van der Waals surface area contributed by atoms with Crippen molar-refractivity contribution < 1.29 is 17.9 Å². The molecule has 0 aromatic heterocycles. The molecule has 2 N–H and O–H groups in total. The van der Waals surface area contributed by atoms with Crippen LogP contribution in [0.2, 0.25) is 15.1 Å². The Labute approximate surface area is 211 Å². The third-order valence-corrected chi connectivity index (χ3v) is 7.71.